The average molecular weight is 113 g/mol. The molecule has 39 valence electrons. The Kier molecular flexibility index (Phi) is 1.80. The molecule has 0 aromatic heterocycles. The van der Waals surface area contributed by atoms with E-state index in [1.54, 1.807) is 0 Å². The first kappa shape index (κ1) is 5.23. The Hall–Kier alpha value is 0.0900. The van der Waals surface area contributed by atoms with E-state index in [1.165, 1.54) is 12.8 Å². The second-order valence-corrected chi connectivity index (χ2v) is 2.57. The number of hydrogen-bond donors (Lipinski definition) is 1. The van der Waals surface area contributed by atoms with Crippen molar-refractivity contribution in [1.82, 2.24) is 0 Å². The predicted molar refractivity (Wildman–Crippen MR) is 34.4 cm³/mol. The summed E-state index contributed by atoms with van der Waals surface area (Å²) in [6, 6.07) is 0. The summed E-state index contributed by atoms with van der Waals surface area (Å²) in [6.07, 6.45) is 8.69. The molecule has 0 amide bonds. The number of hydrogen-bond acceptors (Lipinski definition) is 1. The van der Waals surface area contributed by atoms with Crippen LogP contribution in [-0.2, 0) is 0 Å². The summed E-state index contributed by atoms with van der Waals surface area (Å²) in [5.41, 5.74) is 0. The molecule has 0 aromatic carbocycles. The quantitative estimate of drug-likeness (QED) is 0.455. The Labute approximate surface area is 50.0 Å². The van der Waals surface area contributed by atoms with Crippen LogP contribution in [0.3, 0.4) is 0 Å². The molecular weight excluding hydrogens is 104 g/mol. The van der Waals surface area contributed by atoms with Crippen molar-refractivity contribution < 1.29 is 0 Å². The lowest BCUT2D eigenvalue weighted by atomic mass is 10.1. The molecule has 0 aromatic rings. The molecule has 0 saturated heterocycles. The van der Waals surface area contributed by atoms with E-state index >= 15 is 0 Å². The molecule has 1 unspecified atom stereocenters. The van der Waals surface area contributed by atoms with Crippen LogP contribution >= 0.6 is 12.6 Å². The van der Waals surface area contributed by atoms with E-state index in [0.717, 1.165) is 6.42 Å². The maximum Gasteiger partial charge on any atom is 0.00601 e. The summed E-state index contributed by atoms with van der Waals surface area (Å²) in [6.45, 7) is 0. The molecule has 1 aliphatic rings. The van der Waals surface area contributed by atoms with Crippen molar-refractivity contribution in [3.05, 3.63) is 12.2 Å². The average Bonchev–Trinajstić information content (AvgIpc) is 1.69. The van der Waals surface area contributed by atoms with Gasteiger partial charge in [-0.05, 0) is 25.3 Å². The molecule has 0 aliphatic heterocycles. The van der Waals surface area contributed by atoms with Gasteiger partial charge in [0.15, 0.2) is 0 Å². The van der Waals surface area contributed by atoms with E-state index in [9.17, 15) is 0 Å². The van der Waals surface area contributed by atoms with Crippen LogP contribution in [0.2, 0.25) is 0 Å². The van der Waals surface area contributed by atoms with Gasteiger partial charge in [-0.2, -0.15) is 12.6 Å². The van der Waals surface area contributed by atoms with Gasteiger partial charge in [0, 0.05) is 5.25 Å². The molecule has 1 radical (unpaired) electrons. The van der Waals surface area contributed by atoms with Crippen LogP contribution in [0.4, 0.5) is 0 Å². The van der Waals surface area contributed by atoms with Crippen molar-refractivity contribution >= 4 is 12.6 Å². The van der Waals surface area contributed by atoms with E-state index in [0.29, 0.717) is 5.25 Å². The Bertz CT molecular complexity index is 76.2. The predicted octanol–water partition coefficient (Wildman–Crippen LogP) is 1.83. The number of rotatable bonds is 0. The van der Waals surface area contributed by atoms with E-state index in [4.69, 9.17) is 0 Å². The summed E-state index contributed by atoms with van der Waals surface area (Å²) >= 11 is 4.28. The summed E-state index contributed by atoms with van der Waals surface area (Å²) in [7, 11) is 0. The van der Waals surface area contributed by atoms with Crippen LogP contribution in [0.25, 0.3) is 0 Å². The zero-order valence-electron chi connectivity index (χ0n) is 4.22. The molecule has 0 heterocycles. The largest absolute Gasteiger partial charge is 0.176 e. The van der Waals surface area contributed by atoms with Gasteiger partial charge in [-0.3, -0.25) is 0 Å². The van der Waals surface area contributed by atoms with Crippen LogP contribution in [-0.4, -0.2) is 5.25 Å². The highest BCUT2D eigenvalue weighted by Crippen LogP contribution is 2.14. The van der Waals surface area contributed by atoms with Gasteiger partial charge in [0.1, 0.15) is 0 Å². The van der Waals surface area contributed by atoms with Gasteiger partial charge < -0.3 is 0 Å². The van der Waals surface area contributed by atoms with Crippen molar-refractivity contribution in [2.24, 2.45) is 0 Å². The first-order valence-electron chi connectivity index (χ1n) is 2.63. The smallest absolute Gasteiger partial charge is 0.00601 e. The van der Waals surface area contributed by atoms with Crippen LogP contribution < -0.4 is 0 Å². The number of thiol groups is 1. The van der Waals surface area contributed by atoms with Gasteiger partial charge in [0.05, 0.1) is 0 Å². The third-order valence-corrected chi connectivity index (χ3v) is 1.58. The normalized spacial score (nSPS) is 30.7. The molecule has 0 bridgehead atoms. The Morgan fingerprint density at radius 2 is 2.57 bits per heavy atom. The molecular formula is C6H9S. The van der Waals surface area contributed by atoms with Gasteiger partial charge >= 0.3 is 0 Å². The summed E-state index contributed by atoms with van der Waals surface area (Å²) in [5.74, 6) is 0. The second kappa shape index (κ2) is 2.41. The number of allylic oxidation sites excluding steroid dienone is 2. The van der Waals surface area contributed by atoms with Gasteiger partial charge in [-0.25, -0.2) is 0 Å². The SMILES string of the molecule is SC1C[C]=CCC1. The lowest BCUT2D eigenvalue weighted by molar-refractivity contribution is 0.741. The van der Waals surface area contributed by atoms with Crippen molar-refractivity contribution in [3.8, 4) is 0 Å². The van der Waals surface area contributed by atoms with Crippen LogP contribution in [0.1, 0.15) is 19.3 Å². The lowest BCUT2D eigenvalue weighted by Crippen LogP contribution is -1.99. The minimum absolute atomic E-state index is 0.588. The van der Waals surface area contributed by atoms with Crippen molar-refractivity contribution in [2.75, 3.05) is 0 Å². The Morgan fingerprint density at radius 3 is 2.86 bits per heavy atom. The Balaban J connectivity index is 2.32. The molecule has 1 atom stereocenters. The van der Waals surface area contributed by atoms with E-state index in [-0.39, 0.29) is 0 Å². The molecule has 0 saturated carbocycles. The van der Waals surface area contributed by atoms with Crippen LogP contribution in [0, 0.1) is 6.08 Å². The van der Waals surface area contributed by atoms with E-state index in [1.807, 2.05) is 0 Å². The highest BCUT2D eigenvalue weighted by Gasteiger charge is 2.01. The molecule has 0 nitrogen and oxygen atoms in total. The third-order valence-electron chi connectivity index (χ3n) is 1.14. The topological polar surface area (TPSA) is 0 Å². The molecule has 0 spiro atoms. The molecule has 0 fully saturated rings. The Morgan fingerprint density at radius 1 is 1.71 bits per heavy atom. The molecule has 7 heavy (non-hydrogen) atoms. The molecule has 1 aliphatic carbocycles. The molecule has 1 heteroatoms. The third kappa shape index (κ3) is 1.56. The first-order valence-corrected chi connectivity index (χ1v) is 3.14. The minimum atomic E-state index is 0.588. The second-order valence-electron chi connectivity index (χ2n) is 1.84. The van der Waals surface area contributed by atoms with Gasteiger partial charge in [-0.1, -0.05) is 6.08 Å². The monoisotopic (exact) mass is 113 g/mol. The van der Waals surface area contributed by atoms with Crippen molar-refractivity contribution in [2.45, 2.75) is 24.5 Å². The standard InChI is InChI=1S/C6H9S/c7-6-4-2-1-3-5-6/h1,6-7H,2,4-5H2. The highest BCUT2D eigenvalue weighted by molar-refractivity contribution is 7.80. The fraction of sp³-hybridized carbons (Fsp3) is 0.667. The first-order chi connectivity index (χ1) is 3.39. The fourth-order valence-electron chi connectivity index (χ4n) is 0.699. The molecule has 1 rings (SSSR count). The maximum atomic E-state index is 4.28. The maximum absolute atomic E-state index is 4.28. The lowest BCUT2D eigenvalue weighted by Gasteiger charge is -2.08. The van der Waals surface area contributed by atoms with Gasteiger partial charge in [0.25, 0.3) is 0 Å². The van der Waals surface area contributed by atoms with Crippen LogP contribution in [0.5, 0.6) is 0 Å². The highest BCUT2D eigenvalue weighted by atomic mass is 32.1. The van der Waals surface area contributed by atoms with E-state index < -0.39 is 0 Å². The van der Waals surface area contributed by atoms with Crippen molar-refractivity contribution in [3.63, 3.8) is 0 Å². The molecule has 0 N–H and O–H groups in total. The van der Waals surface area contributed by atoms with Crippen LogP contribution in [0.15, 0.2) is 6.08 Å². The zero-order valence-corrected chi connectivity index (χ0v) is 5.12. The summed E-state index contributed by atoms with van der Waals surface area (Å²) in [5, 5.41) is 0.588. The minimum Gasteiger partial charge on any atom is -0.176 e. The summed E-state index contributed by atoms with van der Waals surface area (Å²) in [4.78, 5) is 0. The zero-order chi connectivity index (χ0) is 5.11. The van der Waals surface area contributed by atoms with Gasteiger partial charge in [0.2, 0.25) is 0 Å². The summed E-state index contributed by atoms with van der Waals surface area (Å²) < 4.78 is 0. The van der Waals surface area contributed by atoms with E-state index in [2.05, 4.69) is 24.8 Å². The van der Waals surface area contributed by atoms with Gasteiger partial charge in [-0.15, -0.1) is 0 Å². The fourth-order valence-corrected chi connectivity index (χ4v) is 0.954. The van der Waals surface area contributed by atoms with Crippen molar-refractivity contribution in [1.29, 1.82) is 0 Å².